The van der Waals surface area contributed by atoms with Gasteiger partial charge in [-0.05, 0) is 25.5 Å². The maximum atomic E-state index is 13.3. The highest BCUT2D eigenvalue weighted by molar-refractivity contribution is 7.14. The molecule has 4 rings (SSSR count). The summed E-state index contributed by atoms with van der Waals surface area (Å²) in [4.78, 5) is 9.14. The second kappa shape index (κ2) is 5.83. The second-order valence-electron chi connectivity index (χ2n) is 5.58. The van der Waals surface area contributed by atoms with Crippen LogP contribution in [0.1, 0.15) is 17.9 Å². The number of thiazole rings is 1. The van der Waals surface area contributed by atoms with Gasteiger partial charge in [0.2, 0.25) is 0 Å². The van der Waals surface area contributed by atoms with E-state index in [2.05, 4.69) is 25.9 Å². The van der Waals surface area contributed by atoms with Crippen molar-refractivity contribution in [1.29, 1.82) is 0 Å². The number of rotatable bonds is 3. The van der Waals surface area contributed by atoms with Crippen molar-refractivity contribution in [2.75, 3.05) is 5.32 Å². The molecular formula is C17H14F2N4S. The fourth-order valence-electron chi connectivity index (χ4n) is 2.83. The maximum Gasteiger partial charge on any atom is 0.187 e. The number of hydrogen-bond acceptors (Lipinski definition) is 4. The van der Waals surface area contributed by atoms with Gasteiger partial charge in [0, 0.05) is 29.8 Å². The lowest BCUT2D eigenvalue weighted by molar-refractivity contribution is 0.584. The Bertz CT molecular complexity index is 922. The molecule has 7 heteroatoms. The second-order valence-corrected chi connectivity index (χ2v) is 6.43. The van der Waals surface area contributed by atoms with Crippen molar-refractivity contribution in [3.8, 4) is 11.4 Å². The number of nitrogens with one attached hydrogen (secondary N) is 1. The Morgan fingerprint density at radius 3 is 2.75 bits per heavy atom. The number of fused-ring (bicyclic) bond motifs is 1. The quantitative estimate of drug-likeness (QED) is 0.745. The number of allylic oxidation sites excluding steroid dienone is 1. The molecule has 1 aliphatic rings. The van der Waals surface area contributed by atoms with E-state index in [1.165, 1.54) is 23.5 Å². The van der Waals surface area contributed by atoms with E-state index in [9.17, 15) is 8.78 Å². The van der Waals surface area contributed by atoms with E-state index in [0.717, 1.165) is 41.8 Å². The molecule has 0 amide bonds. The summed E-state index contributed by atoms with van der Waals surface area (Å²) in [5.74, 6) is -0.222. The summed E-state index contributed by atoms with van der Waals surface area (Å²) < 4.78 is 28.6. The molecule has 24 heavy (non-hydrogen) atoms. The van der Waals surface area contributed by atoms with Crippen molar-refractivity contribution in [3.63, 3.8) is 0 Å². The lowest BCUT2D eigenvalue weighted by atomic mass is 10.2. The van der Waals surface area contributed by atoms with Gasteiger partial charge in [-0.1, -0.05) is 6.08 Å². The third-order valence-corrected chi connectivity index (χ3v) is 4.57. The van der Waals surface area contributed by atoms with E-state index >= 15 is 0 Å². The number of imidazole rings is 1. The zero-order valence-electron chi connectivity index (χ0n) is 12.9. The van der Waals surface area contributed by atoms with Crippen molar-refractivity contribution in [1.82, 2.24) is 14.5 Å². The minimum absolute atomic E-state index is 0.334. The molecule has 0 atom stereocenters. The van der Waals surface area contributed by atoms with Gasteiger partial charge in [-0.15, -0.1) is 11.3 Å². The summed E-state index contributed by atoms with van der Waals surface area (Å²) in [6.45, 7) is 1.96. The van der Waals surface area contributed by atoms with Gasteiger partial charge in [-0.3, -0.25) is 0 Å². The van der Waals surface area contributed by atoms with E-state index < -0.39 is 11.6 Å². The van der Waals surface area contributed by atoms with Gasteiger partial charge in [0.05, 0.1) is 11.4 Å². The highest BCUT2D eigenvalue weighted by atomic mass is 32.1. The predicted octanol–water partition coefficient (Wildman–Crippen LogP) is 4.75. The number of nitrogens with zero attached hydrogens (tertiary/aromatic N) is 3. The Hall–Kier alpha value is -2.54. The molecule has 122 valence electrons. The number of hydrogen-bond donors (Lipinski definition) is 1. The summed E-state index contributed by atoms with van der Waals surface area (Å²) >= 11 is 1.38. The molecular weight excluding hydrogens is 330 g/mol. The number of aryl methyl sites for hydroxylation is 2. The lowest BCUT2D eigenvalue weighted by Crippen LogP contribution is -2.02. The first-order valence-corrected chi connectivity index (χ1v) is 8.41. The standard InChI is InChI=1S/C17H14F2N4S/c1-10-16(23-5-3-2-4-15(23)20-10)14-9-24-17(22-14)21-13-7-11(18)6-12(19)8-13/h3,5-9H,2,4H2,1H3,(H,21,22). The summed E-state index contributed by atoms with van der Waals surface area (Å²) in [5, 5.41) is 5.44. The molecule has 1 aromatic carbocycles. The average Bonchev–Trinajstić information content (AvgIpc) is 3.09. The van der Waals surface area contributed by atoms with Crippen LogP contribution in [0.15, 0.2) is 29.7 Å². The minimum atomic E-state index is -0.625. The fourth-order valence-corrected chi connectivity index (χ4v) is 3.55. The molecule has 0 unspecified atom stereocenters. The Morgan fingerprint density at radius 2 is 1.96 bits per heavy atom. The van der Waals surface area contributed by atoms with Crippen molar-refractivity contribution in [2.24, 2.45) is 0 Å². The van der Waals surface area contributed by atoms with E-state index in [-0.39, 0.29) is 0 Å². The van der Waals surface area contributed by atoms with Crippen LogP contribution in [0, 0.1) is 18.6 Å². The Morgan fingerprint density at radius 1 is 1.17 bits per heavy atom. The van der Waals surface area contributed by atoms with E-state index in [4.69, 9.17) is 0 Å². The van der Waals surface area contributed by atoms with Crippen molar-refractivity contribution in [2.45, 2.75) is 19.8 Å². The van der Waals surface area contributed by atoms with Gasteiger partial charge in [0.1, 0.15) is 23.2 Å². The van der Waals surface area contributed by atoms with Gasteiger partial charge < -0.3 is 9.88 Å². The molecule has 0 bridgehead atoms. The van der Waals surface area contributed by atoms with E-state index in [1.54, 1.807) is 0 Å². The number of benzene rings is 1. The summed E-state index contributed by atoms with van der Waals surface area (Å²) in [5.41, 5.74) is 3.00. The molecule has 1 N–H and O–H groups in total. The molecule has 4 nitrogen and oxygen atoms in total. The van der Waals surface area contributed by atoms with Crippen LogP contribution in [0.2, 0.25) is 0 Å². The van der Waals surface area contributed by atoms with Crippen LogP contribution in [0.3, 0.4) is 0 Å². The number of anilines is 2. The number of halogens is 2. The molecule has 3 aromatic rings. The molecule has 0 saturated heterocycles. The van der Waals surface area contributed by atoms with Crippen molar-refractivity contribution < 1.29 is 8.78 Å². The van der Waals surface area contributed by atoms with Crippen LogP contribution in [-0.4, -0.2) is 14.5 Å². The van der Waals surface area contributed by atoms with Crippen LogP contribution in [0.5, 0.6) is 0 Å². The molecule has 2 aromatic heterocycles. The minimum Gasteiger partial charge on any atom is -0.331 e. The molecule has 0 saturated carbocycles. The Labute approximate surface area is 141 Å². The van der Waals surface area contributed by atoms with Gasteiger partial charge in [-0.25, -0.2) is 18.7 Å². The first-order chi connectivity index (χ1) is 11.6. The lowest BCUT2D eigenvalue weighted by Gasteiger charge is -2.09. The van der Waals surface area contributed by atoms with Crippen LogP contribution >= 0.6 is 11.3 Å². The van der Waals surface area contributed by atoms with E-state index in [1.807, 2.05) is 18.5 Å². The maximum absolute atomic E-state index is 13.3. The molecule has 3 heterocycles. The topological polar surface area (TPSA) is 42.7 Å². The van der Waals surface area contributed by atoms with Crippen LogP contribution in [-0.2, 0) is 6.42 Å². The first-order valence-electron chi connectivity index (χ1n) is 7.53. The van der Waals surface area contributed by atoms with E-state index in [0.29, 0.717) is 10.8 Å². The predicted molar refractivity (Wildman–Crippen MR) is 91.4 cm³/mol. The highest BCUT2D eigenvalue weighted by Crippen LogP contribution is 2.31. The van der Waals surface area contributed by atoms with Gasteiger partial charge in [0.25, 0.3) is 0 Å². The van der Waals surface area contributed by atoms with Gasteiger partial charge in [0.15, 0.2) is 5.13 Å². The summed E-state index contributed by atoms with van der Waals surface area (Å²) in [7, 11) is 0. The summed E-state index contributed by atoms with van der Waals surface area (Å²) in [6.07, 6.45) is 6.03. The zero-order chi connectivity index (χ0) is 16.7. The molecule has 1 aliphatic heterocycles. The van der Waals surface area contributed by atoms with Crippen LogP contribution in [0.25, 0.3) is 17.6 Å². The fraction of sp³-hybridized carbons (Fsp3) is 0.176. The molecule has 0 fully saturated rings. The third-order valence-electron chi connectivity index (χ3n) is 3.81. The first kappa shape index (κ1) is 15.0. The Balaban J connectivity index is 1.66. The molecule has 0 aliphatic carbocycles. The number of aromatic nitrogens is 3. The molecule has 0 radical (unpaired) electrons. The van der Waals surface area contributed by atoms with Gasteiger partial charge >= 0.3 is 0 Å². The SMILES string of the molecule is Cc1nc2n(c1-c1csc(Nc3cc(F)cc(F)c3)n1)C=CCC2. The van der Waals surface area contributed by atoms with Gasteiger partial charge in [-0.2, -0.15) is 0 Å². The monoisotopic (exact) mass is 344 g/mol. The third kappa shape index (κ3) is 2.71. The van der Waals surface area contributed by atoms with Crippen LogP contribution < -0.4 is 5.32 Å². The van der Waals surface area contributed by atoms with Crippen LogP contribution in [0.4, 0.5) is 19.6 Å². The highest BCUT2D eigenvalue weighted by Gasteiger charge is 2.18. The average molecular weight is 344 g/mol. The largest absolute Gasteiger partial charge is 0.331 e. The normalized spacial score (nSPS) is 13.1. The Kier molecular flexibility index (Phi) is 3.65. The zero-order valence-corrected chi connectivity index (χ0v) is 13.7. The smallest absolute Gasteiger partial charge is 0.187 e. The summed E-state index contributed by atoms with van der Waals surface area (Å²) in [6, 6.07) is 3.31. The van der Waals surface area contributed by atoms with Crippen molar-refractivity contribution in [3.05, 3.63) is 52.8 Å². The molecule has 0 spiro atoms. The van der Waals surface area contributed by atoms with Crippen molar-refractivity contribution >= 4 is 28.4 Å².